The molecule has 0 aliphatic rings. The number of para-hydroxylation sites is 2. The number of carbonyl (C=O) groups excluding carboxylic acids is 1. The van der Waals surface area contributed by atoms with Crippen molar-refractivity contribution in [3.8, 4) is 0 Å². The zero-order chi connectivity index (χ0) is 14.6. The molecule has 0 saturated heterocycles. The van der Waals surface area contributed by atoms with Crippen LogP contribution < -0.4 is 5.32 Å². The molecule has 108 valence electrons. The number of nitrogens with one attached hydrogen (secondary N) is 1. The molecular weight excluding hydrogens is 276 g/mol. The average Bonchev–Trinajstić information content (AvgIpc) is 2.75. The van der Waals surface area contributed by atoms with E-state index in [1.54, 1.807) is 0 Å². The maximum absolute atomic E-state index is 11.4. The molecule has 0 atom stereocenters. The average molecular weight is 294 g/mol. The minimum atomic E-state index is -0.475. The number of alkyl carbamates (subject to hydrolysis) is 1. The van der Waals surface area contributed by atoms with Gasteiger partial charge in [0.15, 0.2) is 5.58 Å². The van der Waals surface area contributed by atoms with Gasteiger partial charge < -0.3 is 14.5 Å². The Balaban J connectivity index is 1.74. The zero-order valence-electron chi connectivity index (χ0n) is 11.8. The monoisotopic (exact) mass is 294 g/mol. The lowest BCUT2D eigenvalue weighted by molar-refractivity contribution is 0.0531. The van der Waals surface area contributed by atoms with Crippen LogP contribution in [0.2, 0.25) is 0 Å². The van der Waals surface area contributed by atoms with Gasteiger partial charge in [0.1, 0.15) is 11.1 Å². The van der Waals surface area contributed by atoms with Crippen LogP contribution in [0.15, 0.2) is 33.9 Å². The van der Waals surface area contributed by atoms with Crippen LogP contribution in [0.25, 0.3) is 11.1 Å². The minimum absolute atomic E-state index is 0.407. The van der Waals surface area contributed by atoms with Crippen molar-refractivity contribution in [2.45, 2.75) is 31.6 Å². The van der Waals surface area contributed by atoms with Crippen LogP contribution in [-0.2, 0) is 4.74 Å². The normalized spacial score (nSPS) is 11.6. The van der Waals surface area contributed by atoms with E-state index in [-0.39, 0.29) is 0 Å². The second kappa shape index (κ2) is 6.17. The molecule has 0 spiro atoms. The second-order valence-corrected chi connectivity index (χ2v) is 6.27. The van der Waals surface area contributed by atoms with Crippen molar-refractivity contribution in [2.24, 2.45) is 0 Å². The van der Waals surface area contributed by atoms with Crippen LogP contribution in [0, 0.1) is 0 Å². The number of carbonyl (C=O) groups is 1. The number of nitrogens with zero attached hydrogens (tertiary/aromatic N) is 1. The van der Waals surface area contributed by atoms with Gasteiger partial charge >= 0.3 is 6.09 Å². The summed E-state index contributed by atoms with van der Waals surface area (Å²) in [5.74, 6) is 0.673. The highest BCUT2D eigenvalue weighted by molar-refractivity contribution is 7.99. The van der Waals surface area contributed by atoms with E-state index in [4.69, 9.17) is 9.15 Å². The fourth-order valence-corrected chi connectivity index (χ4v) is 2.21. The van der Waals surface area contributed by atoms with Crippen molar-refractivity contribution in [3.63, 3.8) is 0 Å². The predicted molar refractivity (Wildman–Crippen MR) is 79.0 cm³/mol. The van der Waals surface area contributed by atoms with Gasteiger partial charge in [-0.3, -0.25) is 0 Å². The van der Waals surface area contributed by atoms with Crippen LogP contribution in [-0.4, -0.2) is 29.0 Å². The Morgan fingerprint density at radius 1 is 1.40 bits per heavy atom. The van der Waals surface area contributed by atoms with Gasteiger partial charge in [-0.15, -0.1) is 0 Å². The van der Waals surface area contributed by atoms with Gasteiger partial charge in [0.05, 0.1) is 0 Å². The quantitative estimate of drug-likeness (QED) is 0.691. The molecule has 1 N–H and O–H groups in total. The van der Waals surface area contributed by atoms with E-state index >= 15 is 0 Å². The third kappa shape index (κ3) is 4.45. The first-order valence-electron chi connectivity index (χ1n) is 6.39. The summed E-state index contributed by atoms with van der Waals surface area (Å²) in [6, 6.07) is 7.61. The minimum Gasteiger partial charge on any atom is -0.444 e. The number of amides is 1. The van der Waals surface area contributed by atoms with Crippen molar-refractivity contribution in [1.82, 2.24) is 10.3 Å². The van der Waals surface area contributed by atoms with E-state index in [9.17, 15) is 4.79 Å². The van der Waals surface area contributed by atoms with E-state index in [1.165, 1.54) is 11.8 Å². The summed E-state index contributed by atoms with van der Waals surface area (Å²) in [5, 5.41) is 3.30. The third-order valence-electron chi connectivity index (χ3n) is 2.27. The lowest BCUT2D eigenvalue weighted by Gasteiger charge is -2.19. The van der Waals surface area contributed by atoms with E-state index in [0.29, 0.717) is 17.5 Å². The first-order chi connectivity index (χ1) is 9.44. The van der Waals surface area contributed by atoms with Gasteiger partial charge in [-0.25, -0.2) is 9.78 Å². The fourth-order valence-electron chi connectivity index (χ4n) is 1.52. The number of fused-ring (bicyclic) bond motifs is 1. The highest BCUT2D eigenvalue weighted by Gasteiger charge is 2.15. The molecule has 0 aliphatic carbocycles. The summed E-state index contributed by atoms with van der Waals surface area (Å²) in [6.45, 7) is 6.00. The number of oxazole rings is 1. The Kier molecular flexibility index (Phi) is 4.54. The van der Waals surface area contributed by atoms with Crippen molar-refractivity contribution in [1.29, 1.82) is 0 Å². The van der Waals surface area contributed by atoms with E-state index in [0.717, 1.165) is 11.1 Å². The summed E-state index contributed by atoms with van der Waals surface area (Å²) in [4.78, 5) is 15.8. The summed E-state index contributed by atoms with van der Waals surface area (Å²) < 4.78 is 10.7. The van der Waals surface area contributed by atoms with Crippen molar-refractivity contribution < 1.29 is 13.9 Å². The predicted octanol–water partition coefficient (Wildman–Crippen LogP) is 3.44. The molecule has 0 unspecified atom stereocenters. The molecule has 1 aromatic carbocycles. The molecule has 1 heterocycles. The van der Waals surface area contributed by atoms with Gasteiger partial charge in [-0.1, -0.05) is 23.9 Å². The smallest absolute Gasteiger partial charge is 0.407 e. The van der Waals surface area contributed by atoms with Gasteiger partial charge in [0.25, 0.3) is 5.22 Å². The largest absolute Gasteiger partial charge is 0.444 e. The van der Waals surface area contributed by atoms with Gasteiger partial charge in [0.2, 0.25) is 0 Å². The standard InChI is InChI=1S/C14H18N2O3S/c1-14(2,3)19-12(17)15-8-9-20-13-16-10-6-4-5-7-11(10)18-13/h4-7H,8-9H2,1-3H3,(H,15,17). The van der Waals surface area contributed by atoms with E-state index < -0.39 is 11.7 Å². The van der Waals surface area contributed by atoms with Crippen LogP contribution >= 0.6 is 11.8 Å². The molecule has 0 radical (unpaired) electrons. The molecule has 0 bridgehead atoms. The third-order valence-corrected chi connectivity index (χ3v) is 3.10. The van der Waals surface area contributed by atoms with Crippen LogP contribution in [0.4, 0.5) is 4.79 Å². The Bertz CT molecular complexity index is 556. The molecular formula is C14H18N2O3S. The Hall–Kier alpha value is -1.69. The molecule has 6 heteroatoms. The van der Waals surface area contributed by atoms with Crippen LogP contribution in [0.3, 0.4) is 0 Å². The van der Waals surface area contributed by atoms with E-state index in [2.05, 4.69) is 10.3 Å². The number of hydrogen-bond acceptors (Lipinski definition) is 5. The number of hydrogen-bond donors (Lipinski definition) is 1. The fraction of sp³-hybridized carbons (Fsp3) is 0.429. The zero-order valence-corrected chi connectivity index (χ0v) is 12.6. The summed E-state index contributed by atoms with van der Waals surface area (Å²) in [5.41, 5.74) is 1.14. The molecule has 20 heavy (non-hydrogen) atoms. The number of rotatable bonds is 4. The van der Waals surface area contributed by atoms with Crippen LogP contribution in [0.5, 0.6) is 0 Å². The molecule has 0 saturated carbocycles. The molecule has 0 fully saturated rings. The van der Waals surface area contributed by atoms with Gasteiger partial charge in [-0.05, 0) is 32.9 Å². The van der Waals surface area contributed by atoms with Crippen molar-refractivity contribution >= 4 is 29.0 Å². The van der Waals surface area contributed by atoms with Crippen LogP contribution in [0.1, 0.15) is 20.8 Å². The maximum Gasteiger partial charge on any atom is 0.407 e. The first kappa shape index (κ1) is 14.7. The molecule has 2 rings (SSSR count). The Labute approximate surface area is 122 Å². The number of ether oxygens (including phenoxy) is 1. The van der Waals surface area contributed by atoms with Gasteiger partial charge in [-0.2, -0.15) is 0 Å². The van der Waals surface area contributed by atoms with Gasteiger partial charge in [0, 0.05) is 12.3 Å². The molecule has 1 aromatic heterocycles. The molecule has 0 aliphatic heterocycles. The highest BCUT2D eigenvalue weighted by Crippen LogP contribution is 2.22. The molecule has 5 nitrogen and oxygen atoms in total. The Morgan fingerprint density at radius 3 is 2.85 bits per heavy atom. The van der Waals surface area contributed by atoms with Crippen molar-refractivity contribution in [2.75, 3.05) is 12.3 Å². The number of benzene rings is 1. The topological polar surface area (TPSA) is 64.4 Å². The summed E-state index contributed by atoms with van der Waals surface area (Å²) >= 11 is 1.46. The number of thioether (sulfide) groups is 1. The maximum atomic E-state index is 11.4. The summed E-state index contributed by atoms with van der Waals surface area (Å²) in [7, 11) is 0. The molecule has 2 aromatic rings. The SMILES string of the molecule is CC(C)(C)OC(=O)NCCSc1nc2ccccc2o1. The lowest BCUT2D eigenvalue weighted by Crippen LogP contribution is -2.33. The number of aromatic nitrogens is 1. The lowest BCUT2D eigenvalue weighted by atomic mass is 10.2. The highest BCUT2D eigenvalue weighted by atomic mass is 32.2. The van der Waals surface area contributed by atoms with E-state index in [1.807, 2.05) is 45.0 Å². The van der Waals surface area contributed by atoms with Crippen molar-refractivity contribution in [3.05, 3.63) is 24.3 Å². The summed E-state index contributed by atoms with van der Waals surface area (Å²) in [6.07, 6.45) is -0.407. The molecule has 1 amide bonds. The Morgan fingerprint density at radius 2 is 2.15 bits per heavy atom. The second-order valence-electron chi connectivity index (χ2n) is 5.22. The first-order valence-corrected chi connectivity index (χ1v) is 7.38.